The third-order valence-electron chi connectivity index (χ3n) is 2.81. The first-order valence-electron chi connectivity index (χ1n) is 5.31. The molecule has 0 N–H and O–H groups in total. The second-order valence-corrected chi connectivity index (χ2v) is 7.15. The van der Waals surface area contributed by atoms with E-state index in [1.54, 1.807) is 0 Å². The van der Waals surface area contributed by atoms with Gasteiger partial charge in [0.25, 0.3) is 0 Å². The van der Waals surface area contributed by atoms with E-state index in [9.17, 15) is 0 Å². The molecule has 0 amide bonds. The fourth-order valence-corrected chi connectivity index (χ4v) is 1.41. The Morgan fingerprint density at radius 2 is 0.706 bits per heavy atom. The van der Waals surface area contributed by atoms with Gasteiger partial charge < -0.3 is 18.7 Å². The number of halogens is 1. The summed E-state index contributed by atoms with van der Waals surface area (Å²) in [5.41, 5.74) is 0. The van der Waals surface area contributed by atoms with E-state index in [2.05, 4.69) is 73.3 Å². The van der Waals surface area contributed by atoms with Crippen LogP contribution in [0.15, 0.2) is 0 Å². The maximum absolute atomic E-state index is 4.14. The number of rotatable bonds is 0. The molecule has 0 aromatic carbocycles. The molecule has 98 valence electrons. The van der Waals surface area contributed by atoms with Crippen molar-refractivity contribution in [1.29, 1.82) is 0 Å². The van der Waals surface area contributed by atoms with Crippen LogP contribution in [0.25, 0.3) is 0 Å². The van der Waals surface area contributed by atoms with Gasteiger partial charge in [-0.1, -0.05) is 34.6 Å². The summed E-state index contributed by atoms with van der Waals surface area (Å²) in [5, 5.41) is 0. The predicted octanol–water partition coefficient (Wildman–Crippen LogP) is 4.64. The summed E-state index contributed by atoms with van der Waals surface area (Å²) in [4.78, 5) is 0. The topological polar surface area (TPSA) is 0 Å². The molecule has 0 unspecified atom stereocenters. The minimum absolute atomic E-state index is 0. The zero-order valence-corrected chi connectivity index (χ0v) is 15.6. The molecule has 0 aromatic heterocycles. The van der Waals surface area contributed by atoms with E-state index in [0.717, 1.165) is 0 Å². The van der Waals surface area contributed by atoms with E-state index in [1.807, 2.05) is 0 Å². The monoisotopic (exact) mass is 359 g/mol. The number of hydrogen-bond acceptors (Lipinski definition) is 0. The fourth-order valence-electron chi connectivity index (χ4n) is 1.41. The Morgan fingerprint density at radius 3 is 0.765 bits per heavy atom. The van der Waals surface area contributed by atoms with Crippen molar-refractivity contribution >= 4 is 26.6 Å². The Hall–Kier alpha value is 1.41. The van der Waals surface area contributed by atoms with Crippen LogP contribution in [0.5, 0.6) is 0 Å². The van der Waals surface area contributed by atoms with Crippen molar-refractivity contribution in [1.82, 2.24) is 0 Å². The van der Waals surface area contributed by atoms with E-state index in [0.29, 0.717) is 7.92 Å². The zero-order valence-electron chi connectivity index (χ0n) is 12.3. The van der Waals surface area contributed by atoms with Gasteiger partial charge in [0.05, 0.1) is 0 Å². The van der Waals surface area contributed by atoms with Gasteiger partial charge in [0, 0.05) is 0 Å². The Morgan fingerprint density at radius 1 is 0.647 bits per heavy atom. The molecule has 1 saturated carbocycles. The van der Waals surface area contributed by atoms with E-state index in [-0.39, 0.29) is 19.5 Å². The molecule has 8 radical (unpaired) electrons. The van der Waals surface area contributed by atoms with Crippen LogP contribution < -0.4 is 0 Å². The summed E-state index contributed by atoms with van der Waals surface area (Å²) in [6.45, 7) is 17.7. The van der Waals surface area contributed by atoms with Gasteiger partial charge in [-0.25, -0.2) is 0 Å². The van der Waals surface area contributed by atoms with Gasteiger partial charge >= 0.3 is 19.5 Å². The second-order valence-electron chi connectivity index (χ2n) is 4.47. The standard InChI is InChI=1S/C10H15.C3H9P.BCl.Ru/c1-6-7(2)9(4)10(5)8(6)3;1-4(2)3;1-2;/h1-5H3;1-3H3;;/q;;-1;+2. The minimum atomic E-state index is 0. The molecular weight excluding hydrogens is 334 g/mol. The Labute approximate surface area is 130 Å². The van der Waals surface area contributed by atoms with Crippen LogP contribution in [-0.2, 0) is 19.5 Å². The predicted molar refractivity (Wildman–Crippen MR) is 80.9 cm³/mol. The van der Waals surface area contributed by atoms with Crippen LogP contribution in [-0.4, -0.2) is 27.3 Å². The Bertz CT molecular complexity index is 122. The van der Waals surface area contributed by atoms with Crippen LogP contribution in [0.4, 0.5) is 0 Å². The first-order chi connectivity index (χ1) is 7.29. The summed E-state index contributed by atoms with van der Waals surface area (Å²) in [6.07, 6.45) is 0. The van der Waals surface area contributed by atoms with E-state index in [4.69, 9.17) is 0 Å². The van der Waals surface area contributed by atoms with E-state index >= 15 is 0 Å². The molecule has 1 aliphatic carbocycles. The first-order valence-corrected chi connectivity index (χ1v) is 8.43. The van der Waals surface area contributed by atoms with E-state index < -0.39 is 0 Å². The second kappa shape index (κ2) is 12.4. The van der Waals surface area contributed by atoms with Crippen LogP contribution in [0.1, 0.15) is 34.6 Å². The van der Waals surface area contributed by atoms with Crippen LogP contribution >= 0.6 is 19.4 Å². The molecule has 0 heterocycles. The minimum Gasteiger partial charge on any atom is -0.518 e. The quantitative estimate of drug-likeness (QED) is 0.437. The maximum Gasteiger partial charge on any atom is 2.00 e. The fraction of sp³-hybridized carbons (Fsp3) is 0.615. The van der Waals surface area contributed by atoms with Crippen LogP contribution in [0.3, 0.4) is 0 Å². The molecule has 4 heteroatoms. The average molecular weight is 359 g/mol. The molecular formula is C13H24BClPRu+. The summed E-state index contributed by atoms with van der Waals surface area (Å²) >= 11 is 4.14. The SMILES string of the molecule is CP(C)C.C[C]1[C](C)[C](C)[C](C)[C]1C.[B-]Cl.[Ru+2]. The number of hydrogen-bond donors (Lipinski definition) is 0. The molecule has 1 aliphatic rings. The third-order valence-corrected chi connectivity index (χ3v) is 2.81. The van der Waals surface area contributed by atoms with Gasteiger partial charge in [-0.3, -0.25) is 0 Å². The summed E-state index contributed by atoms with van der Waals surface area (Å²) in [5.74, 6) is 7.34. The molecule has 1 fully saturated rings. The molecule has 0 spiro atoms. The molecule has 0 atom stereocenters. The largest absolute Gasteiger partial charge is 2.00 e. The summed E-state index contributed by atoms with van der Waals surface area (Å²) in [7, 11) is 4.35. The zero-order chi connectivity index (χ0) is 13.5. The molecule has 0 aliphatic heterocycles. The first kappa shape index (κ1) is 23.5. The molecule has 17 heavy (non-hydrogen) atoms. The van der Waals surface area contributed by atoms with Crippen molar-refractivity contribution in [2.24, 2.45) is 0 Å². The van der Waals surface area contributed by atoms with Crippen molar-refractivity contribution in [2.75, 3.05) is 20.0 Å². The maximum atomic E-state index is 4.14. The van der Waals surface area contributed by atoms with Gasteiger partial charge in [0.2, 0.25) is 0 Å². The van der Waals surface area contributed by atoms with Crippen molar-refractivity contribution in [3.8, 4) is 0 Å². The van der Waals surface area contributed by atoms with Gasteiger partial charge in [-0.05, 0) is 49.6 Å². The van der Waals surface area contributed by atoms with Crippen molar-refractivity contribution in [3.63, 3.8) is 0 Å². The third kappa shape index (κ3) is 9.02. The van der Waals surface area contributed by atoms with Crippen LogP contribution in [0.2, 0.25) is 0 Å². The van der Waals surface area contributed by atoms with Crippen molar-refractivity contribution in [3.05, 3.63) is 29.6 Å². The summed E-state index contributed by atoms with van der Waals surface area (Å²) in [6, 6.07) is 0. The van der Waals surface area contributed by atoms with Gasteiger partial charge in [0.1, 0.15) is 0 Å². The summed E-state index contributed by atoms with van der Waals surface area (Å²) < 4.78 is 0. The van der Waals surface area contributed by atoms with Gasteiger partial charge in [0.15, 0.2) is 0 Å². The molecule has 1 rings (SSSR count). The van der Waals surface area contributed by atoms with Crippen molar-refractivity contribution < 1.29 is 19.5 Å². The van der Waals surface area contributed by atoms with Crippen molar-refractivity contribution in [2.45, 2.75) is 34.6 Å². The Balaban J connectivity index is -0.000000242. The molecule has 0 nitrogen and oxygen atoms in total. The van der Waals surface area contributed by atoms with E-state index in [1.165, 1.54) is 29.6 Å². The molecule has 0 bridgehead atoms. The normalized spacial score (nSPS) is 19.2. The van der Waals surface area contributed by atoms with Gasteiger partial charge in [-0.2, -0.15) is 0 Å². The smallest absolute Gasteiger partial charge is 0.518 e. The van der Waals surface area contributed by atoms with Gasteiger partial charge in [-0.15, -0.1) is 7.92 Å². The Kier molecular flexibility index (Phi) is 17.2. The van der Waals surface area contributed by atoms with Crippen LogP contribution in [0, 0.1) is 29.6 Å². The average Bonchev–Trinajstić information content (AvgIpc) is 2.39. The molecule has 0 aromatic rings. The molecule has 0 saturated heterocycles.